The van der Waals surface area contributed by atoms with Gasteiger partial charge in [-0.3, -0.25) is 0 Å². The molecule has 2 saturated heterocycles. The molecule has 2 N–H and O–H groups in total. The molecule has 0 aromatic rings. The highest BCUT2D eigenvalue weighted by Crippen LogP contribution is 2.25. The van der Waals surface area contributed by atoms with Crippen LogP contribution in [0.1, 0.15) is 25.7 Å². The van der Waals surface area contributed by atoms with Crippen LogP contribution in [0.4, 0.5) is 0 Å². The lowest BCUT2D eigenvalue weighted by molar-refractivity contribution is -0.152. The molecule has 2 unspecified atom stereocenters. The first-order valence-corrected chi connectivity index (χ1v) is 5.91. The smallest absolute Gasteiger partial charge is 0.162 e. The van der Waals surface area contributed by atoms with Crippen molar-refractivity contribution in [2.45, 2.75) is 43.7 Å². The first-order valence-electron chi connectivity index (χ1n) is 5.91. The zero-order chi connectivity index (χ0) is 11.4. The second-order valence-electron chi connectivity index (χ2n) is 4.64. The topological polar surface area (TPSA) is 74.8 Å². The van der Waals surface area contributed by atoms with Crippen LogP contribution in [0.15, 0.2) is 0 Å². The van der Waals surface area contributed by atoms with Gasteiger partial charge in [-0.2, -0.15) is 0 Å². The summed E-state index contributed by atoms with van der Waals surface area (Å²) in [6.07, 6.45) is 3.84. The fourth-order valence-electron chi connectivity index (χ4n) is 1.60. The molecule has 0 aromatic carbocycles. The van der Waals surface area contributed by atoms with Crippen LogP contribution in [0.3, 0.4) is 0 Å². The van der Waals surface area contributed by atoms with Crippen molar-refractivity contribution in [1.29, 1.82) is 0 Å². The summed E-state index contributed by atoms with van der Waals surface area (Å²) in [6.45, 7) is 3.26. The molecule has 0 spiro atoms. The average molecular weight is 232 g/mol. The fourth-order valence-corrected chi connectivity index (χ4v) is 1.60. The molecule has 2 atom stereocenters. The quantitative estimate of drug-likeness (QED) is 0.529. The minimum absolute atomic E-state index is 0.392. The Morgan fingerprint density at radius 3 is 1.69 bits per heavy atom. The van der Waals surface area contributed by atoms with E-state index in [-0.39, 0.29) is 0 Å². The minimum Gasteiger partial charge on any atom is -0.376 e. The van der Waals surface area contributed by atoms with Gasteiger partial charge in [-0.1, -0.05) is 0 Å². The number of hydrogen-bond acceptors (Lipinski definition) is 5. The lowest BCUT2D eigenvalue weighted by Crippen LogP contribution is -2.21. The number of ether oxygens (including phenoxy) is 3. The SMILES string of the molecule is C(OCC1CO1)C1CO1.OC1(O)CCCC1. The van der Waals surface area contributed by atoms with E-state index in [0.29, 0.717) is 25.0 Å². The van der Waals surface area contributed by atoms with Crippen LogP contribution in [0.2, 0.25) is 0 Å². The van der Waals surface area contributed by atoms with Gasteiger partial charge in [0.05, 0.1) is 26.4 Å². The first kappa shape index (κ1) is 12.3. The first-order chi connectivity index (χ1) is 7.66. The van der Waals surface area contributed by atoms with Crippen molar-refractivity contribution in [1.82, 2.24) is 0 Å². The van der Waals surface area contributed by atoms with Gasteiger partial charge in [0.1, 0.15) is 12.2 Å². The predicted molar refractivity (Wildman–Crippen MR) is 55.9 cm³/mol. The van der Waals surface area contributed by atoms with E-state index < -0.39 is 5.79 Å². The zero-order valence-corrected chi connectivity index (χ0v) is 9.43. The second kappa shape index (κ2) is 5.42. The summed E-state index contributed by atoms with van der Waals surface area (Å²) in [5.41, 5.74) is 0. The van der Waals surface area contributed by atoms with E-state index in [1.54, 1.807) is 0 Å². The van der Waals surface area contributed by atoms with E-state index in [1.807, 2.05) is 0 Å². The molecule has 2 aliphatic heterocycles. The van der Waals surface area contributed by atoms with Crippen LogP contribution in [-0.2, 0) is 14.2 Å². The van der Waals surface area contributed by atoms with Crippen molar-refractivity contribution in [3.05, 3.63) is 0 Å². The summed E-state index contributed by atoms with van der Waals surface area (Å²) in [7, 11) is 0. The number of aliphatic hydroxyl groups is 2. The van der Waals surface area contributed by atoms with Gasteiger partial charge in [-0.05, 0) is 12.8 Å². The van der Waals surface area contributed by atoms with Gasteiger partial charge in [0, 0.05) is 12.8 Å². The average Bonchev–Trinajstić information content (AvgIpc) is 3.11. The van der Waals surface area contributed by atoms with E-state index in [9.17, 15) is 0 Å². The van der Waals surface area contributed by atoms with Crippen molar-refractivity contribution in [2.24, 2.45) is 0 Å². The molecule has 94 valence electrons. The molecule has 16 heavy (non-hydrogen) atoms. The number of epoxide rings is 2. The van der Waals surface area contributed by atoms with E-state index in [2.05, 4.69) is 0 Å². The number of hydrogen-bond donors (Lipinski definition) is 2. The van der Waals surface area contributed by atoms with Crippen molar-refractivity contribution >= 4 is 0 Å². The lowest BCUT2D eigenvalue weighted by atomic mass is 10.2. The highest BCUT2D eigenvalue weighted by Gasteiger charge is 2.27. The van der Waals surface area contributed by atoms with Crippen LogP contribution in [-0.4, -0.2) is 54.6 Å². The third-order valence-corrected chi connectivity index (χ3v) is 2.82. The van der Waals surface area contributed by atoms with Gasteiger partial charge in [-0.15, -0.1) is 0 Å². The normalized spacial score (nSPS) is 34.1. The highest BCUT2D eigenvalue weighted by atomic mass is 16.6. The van der Waals surface area contributed by atoms with Crippen molar-refractivity contribution in [3.8, 4) is 0 Å². The second-order valence-corrected chi connectivity index (χ2v) is 4.64. The van der Waals surface area contributed by atoms with Gasteiger partial charge in [0.2, 0.25) is 0 Å². The van der Waals surface area contributed by atoms with Gasteiger partial charge in [0.25, 0.3) is 0 Å². The third kappa shape index (κ3) is 5.23. The maximum atomic E-state index is 8.75. The lowest BCUT2D eigenvalue weighted by Gasteiger charge is -2.11. The molecule has 1 aliphatic carbocycles. The third-order valence-electron chi connectivity index (χ3n) is 2.82. The Hall–Kier alpha value is -0.200. The monoisotopic (exact) mass is 232 g/mol. The van der Waals surface area contributed by atoms with E-state index in [1.165, 1.54) is 0 Å². The van der Waals surface area contributed by atoms with Crippen molar-refractivity contribution in [2.75, 3.05) is 26.4 Å². The van der Waals surface area contributed by atoms with Gasteiger partial charge in [-0.25, -0.2) is 0 Å². The Morgan fingerprint density at radius 1 is 1.00 bits per heavy atom. The Labute approximate surface area is 95.3 Å². The molecule has 2 heterocycles. The molecular formula is C11H20O5. The molecule has 0 bridgehead atoms. The maximum Gasteiger partial charge on any atom is 0.162 e. The van der Waals surface area contributed by atoms with Gasteiger partial charge >= 0.3 is 0 Å². The van der Waals surface area contributed by atoms with Gasteiger partial charge in [0.15, 0.2) is 5.79 Å². The largest absolute Gasteiger partial charge is 0.376 e. The molecule has 5 heteroatoms. The summed E-state index contributed by atoms with van der Waals surface area (Å²) in [5, 5.41) is 17.5. The molecule has 3 aliphatic rings. The van der Waals surface area contributed by atoms with Crippen LogP contribution in [0, 0.1) is 0 Å². The van der Waals surface area contributed by atoms with Crippen LogP contribution in [0.5, 0.6) is 0 Å². The van der Waals surface area contributed by atoms with Crippen LogP contribution in [0.25, 0.3) is 0 Å². The Bertz CT molecular complexity index is 190. The molecule has 3 fully saturated rings. The van der Waals surface area contributed by atoms with E-state index >= 15 is 0 Å². The standard InChI is InChI=1S/C6H10O3.C5H10O2/c1(5-3-8-5)7-2-6-4-9-6;6-5(7)3-1-2-4-5/h5-6H,1-4H2;6-7H,1-4H2. The minimum atomic E-state index is -1.31. The molecule has 0 aromatic heterocycles. The number of rotatable bonds is 4. The van der Waals surface area contributed by atoms with E-state index in [4.69, 9.17) is 24.4 Å². The Kier molecular flexibility index (Phi) is 4.16. The van der Waals surface area contributed by atoms with Crippen LogP contribution < -0.4 is 0 Å². The zero-order valence-electron chi connectivity index (χ0n) is 9.43. The molecule has 1 saturated carbocycles. The summed E-state index contributed by atoms with van der Waals surface area (Å²) in [6, 6.07) is 0. The molecular weight excluding hydrogens is 212 g/mol. The molecule has 0 radical (unpaired) electrons. The Balaban J connectivity index is 0.000000125. The fraction of sp³-hybridized carbons (Fsp3) is 1.00. The van der Waals surface area contributed by atoms with Crippen molar-refractivity contribution in [3.63, 3.8) is 0 Å². The summed E-state index contributed by atoms with van der Waals surface area (Å²) >= 11 is 0. The molecule has 0 amide bonds. The summed E-state index contributed by atoms with van der Waals surface area (Å²) in [4.78, 5) is 0. The summed E-state index contributed by atoms with van der Waals surface area (Å²) in [5.74, 6) is -1.31. The van der Waals surface area contributed by atoms with Crippen LogP contribution >= 0.6 is 0 Å². The Morgan fingerprint density at radius 2 is 1.44 bits per heavy atom. The maximum absolute atomic E-state index is 8.75. The molecule has 3 rings (SSSR count). The van der Waals surface area contributed by atoms with Crippen molar-refractivity contribution < 1.29 is 24.4 Å². The molecule has 5 nitrogen and oxygen atoms in total. The van der Waals surface area contributed by atoms with E-state index in [0.717, 1.165) is 39.3 Å². The van der Waals surface area contributed by atoms with Gasteiger partial charge < -0.3 is 24.4 Å². The predicted octanol–water partition coefficient (Wildman–Crippen LogP) is 0.0419. The summed E-state index contributed by atoms with van der Waals surface area (Å²) < 4.78 is 15.1. The highest BCUT2D eigenvalue weighted by molar-refractivity contribution is 4.71.